The van der Waals surface area contributed by atoms with Crippen LogP contribution < -0.4 is 14.4 Å². The molecule has 0 saturated heterocycles. The van der Waals surface area contributed by atoms with Crippen molar-refractivity contribution in [2.75, 3.05) is 22.5 Å². The maximum atomic E-state index is 13.6. The van der Waals surface area contributed by atoms with Crippen LogP contribution in [0.1, 0.15) is 5.56 Å². The van der Waals surface area contributed by atoms with E-state index < -0.39 is 34.2 Å². The van der Waals surface area contributed by atoms with E-state index >= 15 is 0 Å². The van der Waals surface area contributed by atoms with Gasteiger partial charge in [0.2, 0.25) is 10.0 Å². The molecule has 3 aromatic rings. The summed E-state index contributed by atoms with van der Waals surface area (Å²) in [6.45, 7) is -0.340. The molecule has 0 unspecified atom stereocenters. The average molecular weight is 481 g/mol. The summed E-state index contributed by atoms with van der Waals surface area (Å²) in [5, 5.41) is 2.77. The number of sulfonamides is 1. The molecular weight excluding hydrogens is 462 g/mol. The molecule has 0 aromatic heterocycles. The monoisotopic (exact) mass is 480 g/mol. The van der Waals surface area contributed by atoms with Gasteiger partial charge in [-0.15, -0.1) is 0 Å². The van der Waals surface area contributed by atoms with Gasteiger partial charge < -0.3 is 10.1 Å². The lowest BCUT2D eigenvalue weighted by Gasteiger charge is -2.23. The van der Waals surface area contributed by atoms with Gasteiger partial charge in [-0.2, -0.15) is 0 Å². The Morgan fingerprint density at radius 2 is 1.69 bits per heavy atom. The van der Waals surface area contributed by atoms with Crippen molar-refractivity contribution in [3.63, 3.8) is 0 Å². The number of halogens is 3. The van der Waals surface area contributed by atoms with E-state index in [0.717, 1.165) is 30.0 Å². The highest BCUT2D eigenvalue weighted by molar-refractivity contribution is 7.92. The Morgan fingerprint density at radius 1 is 1.03 bits per heavy atom. The molecule has 1 amide bonds. The second-order valence-corrected chi connectivity index (χ2v) is 9.19. The molecule has 3 aromatic carbocycles. The fourth-order valence-electron chi connectivity index (χ4n) is 2.79. The maximum absolute atomic E-state index is 13.6. The largest absolute Gasteiger partial charge is 0.484 e. The van der Waals surface area contributed by atoms with Gasteiger partial charge in [0.05, 0.1) is 24.2 Å². The molecule has 10 heteroatoms. The zero-order valence-electron chi connectivity index (χ0n) is 16.9. The number of nitrogens with one attached hydrogen (secondary N) is 1. The molecule has 0 spiro atoms. The molecule has 0 aliphatic carbocycles. The van der Waals surface area contributed by atoms with Crippen molar-refractivity contribution in [2.45, 2.75) is 6.54 Å². The van der Waals surface area contributed by atoms with Gasteiger partial charge in [0.1, 0.15) is 17.4 Å². The lowest BCUT2D eigenvalue weighted by molar-refractivity contribution is -0.118. The fourth-order valence-corrected chi connectivity index (χ4v) is 3.81. The predicted octanol–water partition coefficient (Wildman–Crippen LogP) is 4.60. The average Bonchev–Trinajstić information content (AvgIpc) is 2.74. The second-order valence-electron chi connectivity index (χ2n) is 6.85. The highest BCUT2D eigenvalue weighted by Crippen LogP contribution is 2.24. The topological polar surface area (TPSA) is 75.7 Å². The molecule has 0 heterocycles. The van der Waals surface area contributed by atoms with E-state index in [4.69, 9.17) is 16.3 Å². The van der Waals surface area contributed by atoms with Gasteiger partial charge in [0, 0.05) is 11.1 Å². The van der Waals surface area contributed by atoms with E-state index in [1.807, 2.05) is 0 Å². The Hall–Kier alpha value is -3.17. The summed E-state index contributed by atoms with van der Waals surface area (Å²) in [4.78, 5) is 12.0. The summed E-state index contributed by atoms with van der Waals surface area (Å²) in [5.41, 5.74) is 0.863. The zero-order valence-corrected chi connectivity index (χ0v) is 18.5. The minimum Gasteiger partial charge on any atom is -0.484 e. The molecule has 6 nitrogen and oxygen atoms in total. The first-order valence-electron chi connectivity index (χ1n) is 9.32. The van der Waals surface area contributed by atoms with E-state index in [2.05, 4.69) is 5.32 Å². The molecule has 0 radical (unpaired) electrons. The molecule has 32 heavy (non-hydrogen) atoms. The molecule has 3 rings (SSSR count). The number of ether oxygens (including phenoxy) is 1. The van der Waals surface area contributed by atoms with Gasteiger partial charge in [-0.05, 0) is 54.1 Å². The lowest BCUT2D eigenvalue weighted by Crippen LogP contribution is -2.29. The van der Waals surface area contributed by atoms with Crippen LogP contribution in [-0.4, -0.2) is 27.2 Å². The van der Waals surface area contributed by atoms with Crippen LogP contribution in [0.2, 0.25) is 5.02 Å². The summed E-state index contributed by atoms with van der Waals surface area (Å²) in [5.74, 6) is -1.85. The van der Waals surface area contributed by atoms with Crippen molar-refractivity contribution in [1.29, 1.82) is 0 Å². The maximum Gasteiger partial charge on any atom is 0.262 e. The molecule has 1 N–H and O–H groups in total. The first-order chi connectivity index (χ1) is 15.1. The third-order valence-corrected chi connectivity index (χ3v) is 5.73. The van der Waals surface area contributed by atoms with Crippen molar-refractivity contribution < 1.29 is 26.7 Å². The van der Waals surface area contributed by atoms with E-state index in [1.165, 1.54) is 28.6 Å². The van der Waals surface area contributed by atoms with Crippen molar-refractivity contribution >= 4 is 38.9 Å². The van der Waals surface area contributed by atoms with E-state index in [0.29, 0.717) is 16.5 Å². The number of hydrogen-bond acceptors (Lipinski definition) is 4. The van der Waals surface area contributed by atoms with Gasteiger partial charge in [-0.1, -0.05) is 23.7 Å². The number of carbonyl (C=O) groups is 1. The molecule has 168 valence electrons. The van der Waals surface area contributed by atoms with Gasteiger partial charge >= 0.3 is 0 Å². The number of benzene rings is 3. The van der Waals surface area contributed by atoms with Crippen molar-refractivity contribution in [2.24, 2.45) is 0 Å². The normalized spacial score (nSPS) is 11.1. The molecule has 0 fully saturated rings. The highest BCUT2D eigenvalue weighted by Gasteiger charge is 2.18. The number of anilines is 2. The molecule has 0 aliphatic heterocycles. The first-order valence-corrected chi connectivity index (χ1v) is 11.5. The Morgan fingerprint density at radius 3 is 2.31 bits per heavy atom. The smallest absolute Gasteiger partial charge is 0.262 e. The summed E-state index contributed by atoms with van der Waals surface area (Å²) in [6.07, 6.45) is 1.10. The molecular formula is C22H19ClF2N2O4S. The quantitative estimate of drug-likeness (QED) is 0.511. The summed E-state index contributed by atoms with van der Waals surface area (Å²) >= 11 is 5.87. The number of rotatable bonds is 8. The third-order valence-electron chi connectivity index (χ3n) is 4.34. The number of hydrogen-bond donors (Lipinski definition) is 1. The van der Waals surface area contributed by atoms with Gasteiger partial charge in [-0.3, -0.25) is 9.10 Å². The molecule has 0 atom stereocenters. The number of amides is 1. The Labute approximate surface area is 189 Å². The zero-order chi connectivity index (χ0) is 23.3. The van der Waals surface area contributed by atoms with E-state index in [9.17, 15) is 22.0 Å². The summed E-state index contributed by atoms with van der Waals surface area (Å²) < 4.78 is 57.9. The van der Waals surface area contributed by atoms with Crippen molar-refractivity contribution in [3.8, 4) is 5.75 Å². The van der Waals surface area contributed by atoms with Crippen LogP contribution in [0.4, 0.5) is 20.2 Å². The highest BCUT2D eigenvalue weighted by atomic mass is 35.5. The Kier molecular flexibility index (Phi) is 7.32. The number of carbonyl (C=O) groups excluding carboxylic acids is 1. The Bertz CT molecular complexity index is 1200. The first kappa shape index (κ1) is 23.5. The van der Waals surface area contributed by atoms with Crippen LogP contribution in [0, 0.1) is 11.6 Å². The molecule has 0 bridgehead atoms. The summed E-state index contributed by atoms with van der Waals surface area (Å²) in [6, 6.07) is 15.6. The standard InChI is InChI=1S/C22H19ClF2N2O4S/c1-32(29,30)27(13-15-2-4-16(23)5-3-15)18-7-9-19(10-8-18)31-14-22(28)26-21-12-17(24)6-11-20(21)25/h2-12H,13-14H2,1H3,(H,26,28). The summed E-state index contributed by atoms with van der Waals surface area (Å²) in [7, 11) is -3.58. The van der Waals surface area contributed by atoms with Crippen LogP contribution in [0.25, 0.3) is 0 Å². The lowest BCUT2D eigenvalue weighted by atomic mass is 10.2. The van der Waals surface area contributed by atoms with Gasteiger partial charge in [0.15, 0.2) is 6.61 Å². The Balaban J connectivity index is 1.65. The van der Waals surface area contributed by atoms with E-state index in [1.54, 1.807) is 24.3 Å². The van der Waals surface area contributed by atoms with Crippen LogP contribution in [0.5, 0.6) is 5.75 Å². The minimum atomic E-state index is -3.58. The van der Waals surface area contributed by atoms with E-state index in [-0.39, 0.29) is 12.2 Å². The van der Waals surface area contributed by atoms with Crippen molar-refractivity contribution in [1.82, 2.24) is 0 Å². The number of nitrogens with zero attached hydrogens (tertiary/aromatic N) is 1. The van der Waals surface area contributed by atoms with Gasteiger partial charge in [0.25, 0.3) is 5.91 Å². The fraction of sp³-hybridized carbons (Fsp3) is 0.136. The second kappa shape index (κ2) is 9.97. The molecule has 0 saturated carbocycles. The van der Waals surface area contributed by atoms with Crippen LogP contribution in [0.3, 0.4) is 0 Å². The SMILES string of the molecule is CS(=O)(=O)N(Cc1ccc(Cl)cc1)c1ccc(OCC(=O)Nc2cc(F)ccc2F)cc1. The van der Waals surface area contributed by atoms with Crippen LogP contribution >= 0.6 is 11.6 Å². The van der Waals surface area contributed by atoms with Crippen LogP contribution in [-0.2, 0) is 21.4 Å². The molecule has 0 aliphatic rings. The van der Waals surface area contributed by atoms with Gasteiger partial charge in [-0.25, -0.2) is 17.2 Å². The predicted molar refractivity (Wildman–Crippen MR) is 119 cm³/mol. The van der Waals surface area contributed by atoms with Crippen molar-refractivity contribution in [3.05, 3.63) is 89.0 Å². The minimum absolute atomic E-state index is 0.109. The third kappa shape index (κ3) is 6.41. The van der Waals surface area contributed by atoms with Crippen LogP contribution in [0.15, 0.2) is 66.7 Å².